The molecule has 0 amide bonds. The van der Waals surface area contributed by atoms with E-state index >= 15 is 0 Å². The van der Waals surface area contributed by atoms with Gasteiger partial charge in [-0.25, -0.2) is 14.4 Å². The lowest BCUT2D eigenvalue weighted by atomic mass is 10.2. The number of nitrogens with one attached hydrogen (secondary N) is 1. The molecule has 1 N–H and O–H groups in total. The standard InChI is InChI=1S/C15H10BrClFN3O/c1-22-8-2-4-11-9(6-8)15(20-7-19-11)21-12-5-3-10(16)13(17)14(12)18/h2-7H,1H3,(H,19,20,21). The summed E-state index contributed by atoms with van der Waals surface area (Å²) in [6.07, 6.45) is 1.41. The van der Waals surface area contributed by atoms with Gasteiger partial charge in [0.1, 0.15) is 17.9 Å². The second-order valence-corrected chi connectivity index (χ2v) is 5.69. The Bertz CT molecular complexity index is 860. The number of halogens is 3. The number of ether oxygens (including phenoxy) is 1. The van der Waals surface area contributed by atoms with Gasteiger partial charge in [0.15, 0.2) is 5.82 Å². The fourth-order valence-corrected chi connectivity index (χ4v) is 2.48. The quantitative estimate of drug-likeness (QED) is 0.652. The Morgan fingerprint density at radius 3 is 2.82 bits per heavy atom. The van der Waals surface area contributed by atoms with E-state index in [-0.39, 0.29) is 10.7 Å². The average molecular weight is 383 g/mol. The zero-order valence-corrected chi connectivity index (χ0v) is 13.7. The smallest absolute Gasteiger partial charge is 0.166 e. The van der Waals surface area contributed by atoms with Gasteiger partial charge < -0.3 is 10.1 Å². The van der Waals surface area contributed by atoms with Crippen LogP contribution in [0.5, 0.6) is 5.75 Å². The maximum Gasteiger partial charge on any atom is 0.166 e. The first kappa shape index (κ1) is 15.0. The molecule has 0 aliphatic carbocycles. The maximum atomic E-state index is 14.2. The summed E-state index contributed by atoms with van der Waals surface area (Å²) < 4.78 is 19.9. The van der Waals surface area contributed by atoms with Gasteiger partial charge in [-0.1, -0.05) is 11.6 Å². The lowest BCUT2D eigenvalue weighted by molar-refractivity contribution is 0.415. The van der Waals surface area contributed by atoms with Crippen LogP contribution in [0.25, 0.3) is 10.9 Å². The van der Waals surface area contributed by atoms with E-state index < -0.39 is 5.82 Å². The Labute approximate surface area is 139 Å². The van der Waals surface area contributed by atoms with E-state index in [2.05, 4.69) is 31.2 Å². The second-order valence-electron chi connectivity index (χ2n) is 4.45. The fourth-order valence-electron chi connectivity index (χ4n) is 2.01. The van der Waals surface area contributed by atoms with Crippen molar-refractivity contribution in [3.05, 3.63) is 52.0 Å². The predicted molar refractivity (Wildman–Crippen MR) is 88.5 cm³/mol. The van der Waals surface area contributed by atoms with Gasteiger partial charge in [-0.05, 0) is 46.3 Å². The van der Waals surface area contributed by atoms with Crippen LogP contribution in [-0.4, -0.2) is 17.1 Å². The van der Waals surface area contributed by atoms with Gasteiger partial charge in [0.25, 0.3) is 0 Å². The Morgan fingerprint density at radius 1 is 1.23 bits per heavy atom. The van der Waals surface area contributed by atoms with E-state index in [9.17, 15) is 4.39 Å². The number of benzene rings is 2. The Balaban J connectivity index is 2.09. The summed E-state index contributed by atoms with van der Waals surface area (Å²) in [6.45, 7) is 0. The molecule has 3 aromatic rings. The molecule has 4 nitrogen and oxygen atoms in total. The first-order valence-corrected chi connectivity index (χ1v) is 7.46. The highest BCUT2D eigenvalue weighted by molar-refractivity contribution is 9.10. The summed E-state index contributed by atoms with van der Waals surface area (Å²) in [5.74, 6) is 0.589. The second kappa shape index (κ2) is 6.06. The highest BCUT2D eigenvalue weighted by atomic mass is 79.9. The number of nitrogens with zero attached hydrogens (tertiary/aromatic N) is 2. The summed E-state index contributed by atoms with van der Waals surface area (Å²) in [7, 11) is 1.58. The highest BCUT2D eigenvalue weighted by Crippen LogP contribution is 2.33. The average Bonchev–Trinajstić information content (AvgIpc) is 2.55. The third-order valence-corrected chi connectivity index (χ3v) is 4.39. The van der Waals surface area contributed by atoms with Crippen LogP contribution in [0.2, 0.25) is 5.02 Å². The summed E-state index contributed by atoms with van der Waals surface area (Å²) in [5, 5.41) is 3.68. The maximum absolute atomic E-state index is 14.2. The summed E-state index contributed by atoms with van der Waals surface area (Å²) in [4.78, 5) is 8.35. The summed E-state index contributed by atoms with van der Waals surface area (Å²) in [5.41, 5.74) is 0.956. The number of fused-ring (bicyclic) bond motifs is 1. The number of aromatic nitrogens is 2. The third kappa shape index (κ3) is 2.71. The molecule has 0 aliphatic heterocycles. The fraction of sp³-hybridized carbons (Fsp3) is 0.0667. The zero-order valence-electron chi connectivity index (χ0n) is 11.4. The van der Waals surface area contributed by atoms with E-state index in [4.69, 9.17) is 16.3 Å². The molecule has 112 valence electrons. The molecule has 0 spiro atoms. The SMILES string of the molecule is COc1ccc2ncnc(Nc3ccc(Br)c(Cl)c3F)c2c1. The molecule has 3 rings (SSSR count). The first-order valence-electron chi connectivity index (χ1n) is 6.29. The minimum atomic E-state index is -0.550. The summed E-state index contributed by atoms with van der Waals surface area (Å²) >= 11 is 9.08. The minimum Gasteiger partial charge on any atom is -0.497 e. The third-order valence-electron chi connectivity index (χ3n) is 3.13. The van der Waals surface area contributed by atoms with Crippen LogP contribution in [0.3, 0.4) is 0 Å². The molecular weight excluding hydrogens is 373 g/mol. The number of hydrogen-bond donors (Lipinski definition) is 1. The van der Waals surface area contributed by atoms with Gasteiger partial charge in [0.05, 0.1) is 23.3 Å². The molecule has 0 radical (unpaired) electrons. The van der Waals surface area contributed by atoms with Crippen molar-refractivity contribution in [2.45, 2.75) is 0 Å². The zero-order chi connectivity index (χ0) is 15.7. The van der Waals surface area contributed by atoms with Gasteiger partial charge in [0.2, 0.25) is 0 Å². The van der Waals surface area contributed by atoms with Gasteiger partial charge in [0, 0.05) is 9.86 Å². The van der Waals surface area contributed by atoms with Crippen LogP contribution in [0, 0.1) is 5.82 Å². The highest BCUT2D eigenvalue weighted by Gasteiger charge is 2.12. The van der Waals surface area contributed by atoms with Crippen molar-refractivity contribution >= 4 is 49.9 Å². The molecule has 0 unspecified atom stereocenters. The number of methoxy groups -OCH3 is 1. The van der Waals surface area contributed by atoms with Crippen LogP contribution in [0.4, 0.5) is 15.9 Å². The number of rotatable bonds is 3. The van der Waals surface area contributed by atoms with Crippen molar-refractivity contribution < 1.29 is 9.13 Å². The molecule has 2 aromatic carbocycles. The lowest BCUT2D eigenvalue weighted by Crippen LogP contribution is -1.99. The molecule has 1 heterocycles. The van der Waals surface area contributed by atoms with Crippen LogP contribution in [0.15, 0.2) is 41.1 Å². The van der Waals surface area contributed by atoms with E-state index in [1.165, 1.54) is 6.33 Å². The van der Waals surface area contributed by atoms with Crippen molar-refractivity contribution in [3.63, 3.8) is 0 Å². The van der Waals surface area contributed by atoms with E-state index in [0.29, 0.717) is 16.0 Å². The molecule has 0 atom stereocenters. The van der Waals surface area contributed by atoms with Gasteiger partial charge >= 0.3 is 0 Å². The topological polar surface area (TPSA) is 47.0 Å². The molecule has 0 saturated heterocycles. The molecule has 0 fully saturated rings. The number of hydrogen-bond acceptors (Lipinski definition) is 4. The Kier molecular flexibility index (Phi) is 4.13. The Hall–Kier alpha value is -1.92. The van der Waals surface area contributed by atoms with Crippen molar-refractivity contribution in [2.24, 2.45) is 0 Å². The molecule has 0 saturated carbocycles. The van der Waals surface area contributed by atoms with Crippen molar-refractivity contribution in [3.8, 4) is 5.75 Å². The van der Waals surface area contributed by atoms with Crippen molar-refractivity contribution in [1.82, 2.24) is 9.97 Å². The monoisotopic (exact) mass is 381 g/mol. The first-order chi connectivity index (χ1) is 10.6. The number of anilines is 2. The minimum absolute atomic E-state index is 0.0148. The molecule has 0 bridgehead atoms. The molecule has 7 heteroatoms. The van der Waals surface area contributed by atoms with E-state index in [1.54, 1.807) is 31.4 Å². The van der Waals surface area contributed by atoms with Crippen molar-refractivity contribution in [1.29, 1.82) is 0 Å². The van der Waals surface area contributed by atoms with Crippen LogP contribution < -0.4 is 10.1 Å². The van der Waals surface area contributed by atoms with E-state index in [0.717, 1.165) is 10.9 Å². The normalized spacial score (nSPS) is 10.7. The van der Waals surface area contributed by atoms with Crippen LogP contribution >= 0.6 is 27.5 Å². The van der Waals surface area contributed by atoms with Crippen LogP contribution in [0.1, 0.15) is 0 Å². The van der Waals surface area contributed by atoms with E-state index in [1.807, 2.05) is 6.07 Å². The van der Waals surface area contributed by atoms with Gasteiger partial charge in [-0.2, -0.15) is 0 Å². The van der Waals surface area contributed by atoms with Crippen molar-refractivity contribution in [2.75, 3.05) is 12.4 Å². The molecule has 22 heavy (non-hydrogen) atoms. The lowest BCUT2D eigenvalue weighted by Gasteiger charge is -2.11. The Morgan fingerprint density at radius 2 is 2.05 bits per heavy atom. The molecular formula is C15H10BrClFN3O. The van der Waals surface area contributed by atoms with Gasteiger partial charge in [-0.15, -0.1) is 0 Å². The predicted octanol–water partition coefficient (Wildman–Crippen LogP) is 4.94. The molecule has 1 aromatic heterocycles. The molecule has 0 aliphatic rings. The summed E-state index contributed by atoms with van der Waals surface area (Å²) in [6, 6.07) is 8.65. The van der Waals surface area contributed by atoms with Gasteiger partial charge in [-0.3, -0.25) is 0 Å². The largest absolute Gasteiger partial charge is 0.497 e. The van der Waals surface area contributed by atoms with Crippen LogP contribution in [-0.2, 0) is 0 Å².